The molecule has 4 nitrogen and oxygen atoms in total. The summed E-state index contributed by atoms with van der Waals surface area (Å²) in [5.41, 5.74) is 0.704. The van der Waals surface area contributed by atoms with Gasteiger partial charge in [-0.3, -0.25) is 4.79 Å². The van der Waals surface area contributed by atoms with Crippen LogP contribution in [0.5, 0.6) is 0 Å². The Kier molecular flexibility index (Phi) is 5.49. The molecule has 1 aromatic carbocycles. The second kappa shape index (κ2) is 7.15. The maximum absolute atomic E-state index is 12.9. The molecular formula is C13H14FN3OS3. The standard InChI is InChI=1S/C13H14FN3OS3/c1-3-15-11(18)8(2)20-12-16-17(13(19)21-12)10-6-4-9(14)5-7-10/h4-8H,3H2,1-2H3,(H,15,18)/t8-/m1/s1. The number of carbonyl (C=O) groups excluding carboxylic acids is 1. The molecule has 0 aliphatic carbocycles. The maximum Gasteiger partial charge on any atom is 0.233 e. The fourth-order valence-corrected chi connectivity index (χ4v) is 4.11. The summed E-state index contributed by atoms with van der Waals surface area (Å²) in [7, 11) is 0. The van der Waals surface area contributed by atoms with Crippen molar-refractivity contribution < 1.29 is 9.18 Å². The van der Waals surface area contributed by atoms with Crippen LogP contribution < -0.4 is 5.32 Å². The molecule has 1 atom stereocenters. The lowest BCUT2D eigenvalue weighted by molar-refractivity contribution is -0.120. The van der Waals surface area contributed by atoms with Crippen LogP contribution in [-0.2, 0) is 4.79 Å². The van der Waals surface area contributed by atoms with Gasteiger partial charge in [-0.2, -0.15) is 0 Å². The second-order valence-corrected chi connectivity index (χ2v) is 7.39. The third kappa shape index (κ3) is 4.12. The highest BCUT2D eigenvalue weighted by atomic mass is 32.2. The lowest BCUT2D eigenvalue weighted by Crippen LogP contribution is -2.30. The Balaban J connectivity index is 2.18. The molecule has 1 heterocycles. The van der Waals surface area contributed by atoms with Crippen LogP contribution in [-0.4, -0.2) is 27.5 Å². The molecule has 112 valence electrons. The molecule has 8 heteroatoms. The topological polar surface area (TPSA) is 46.9 Å². The number of carbonyl (C=O) groups is 1. The van der Waals surface area contributed by atoms with E-state index in [1.165, 1.54) is 35.2 Å². The highest BCUT2D eigenvalue weighted by Crippen LogP contribution is 2.27. The van der Waals surface area contributed by atoms with Gasteiger partial charge < -0.3 is 5.32 Å². The van der Waals surface area contributed by atoms with Gasteiger partial charge in [-0.25, -0.2) is 9.07 Å². The number of rotatable bonds is 5. The average molecular weight is 343 g/mol. The number of halogens is 1. The maximum atomic E-state index is 12.9. The van der Waals surface area contributed by atoms with Gasteiger partial charge in [0, 0.05) is 6.54 Å². The Hall–Kier alpha value is -1.25. The van der Waals surface area contributed by atoms with Crippen molar-refractivity contribution in [3.8, 4) is 5.69 Å². The van der Waals surface area contributed by atoms with Crippen molar-refractivity contribution >= 4 is 41.2 Å². The first-order valence-corrected chi connectivity index (χ1v) is 8.42. The molecule has 0 aliphatic heterocycles. The van der Waals surface area contributed by atoms with Crippen LogP contribution in [0.2, 0.25) is 0 Å². The number of nitrogens with one attached hydrogen (secondary N) is 1. The summed E-state index contributed by atoms with van der Waals surface area (Å²) in [5, 5.41) is 6.91. The molecule has 0 radical (unpaired) electrons. The summed E-state index contributed by atoms with van der Waals surface area (Å²) in [6, 6.07) is 5.96. The van der Waals surface area contributed by atoms with Gasteiger partial charge in [-0.05, 0) is 50.3 Å². The van der Waals surface area contributed by atoms with E-state index in [2.05, 4.69) is 10.4 Å². The molecule has 0 spiro atoms. The Bertz CT molecular complexity index is 681. The molecular weight excluding hydrogens is 329 g/mol. The zero-order chi connectivity index (χ0) is 15.4. The zero-order valence-electron chi connectivity index (χ0n) is 11.5. The van der Waals surface area contributed by atoms with E-state index < -0.39 is 0 Å². The van der Waals surface area contributed by atoms with Crippen molar-refractivity contribution in [1.29, 1.82) is 0 Å². The molecule has 21 heavy (non-hydrogen) atoms. The van der Waals surface area contributed by atoms with Crippen molar-refractivity contribution in [2.24, 2.45) is 0 Å². The fourth-order valence-electron chi connectivity index (χ4n) is 1.58. The van der Waals surface area contributed by atoms with E-state index in [1.807, 2.05) is 13.8 Å². The highest BCUT2D eigenvalue weighted by Gasteiger charge is 2.16. The van der Waals surface area contributed by atoms with Crippen LogP contribution in [0.25, 0.3) is 5.69 Å². The van der Waals surface area contributed by atoms with Crippen molar-refractivity contribution in [3.63, 3.8) is 0 Å². The van der Waals surface area contributed by atoms with Crippen molar-refractivity contribution in [2.45, 2.75) is 23.4 Å². The van der Waals surface area contributed by atoms with Gasteiger partial charge in [-0.1, -0.05) is 23.1 Å². The first-order valence-electron chi connectivity index (χ1n) is 6.31. The summed E-state index contributed by atoms with van der Waals surface area (Å²) in [4.78, 5) is 11.7. The minimum Gasteiger partial charge on any atom is -0.355 e. The first kappa shape index (κ1) is 16.1. The molecule has 0 aliphatic rings. The minimum atomic E-state index is -0.306. The van der Waals surface area contributed by atoms with Gasteiger partial charge >= 0.3 is 0 Å². The SMILES string of the molecule is CCNC(=O)[C@@H](C)Sc1nn(-c2ccc(F)cc2)c(=S)s1. The number of hydrogen-bond donors (Lipinski definition) is 1. The Labute approximate surface area is 135 Å². The van der Waals surface area contributed by atoms with Crippen molar-refractivity contribution in [2.75, 3.05) is 6.54 Å². The number of benzene rings is 1. The molecule has 1 N–H and O–H groups in total. The van der Waals surface area contributed by atoms with Gasteiger partial charge in [0.25, 0.3) is 0 Å². The van der Waals surface area contributed by atoms with Crippen LogP contribution in [0.1, 0.15) is 13.8 Å². The first-order chi connectivity index (χ1) is 10.0. The molecule has 2 rings (SSSR count). The zero-order valence-corrected chi connectivity index (χ0v) is 13.9. The summed E-state index contributed by atoms with van der Waals surface area (Å²) in [5.74, 6) is -0.336. The Morgan fingerprint density at radius 3 is 2.81 bits per heavy atom. The van der Waals surface area contributed by atoms with E-state index in [0.29, 0.717) is 20.5 Å². The largest absolute Gasteiger partial charge is 0.355 e. The lowest BCUT2D eigenvalue weighted by atomic mass is 10.3. The van der Waals surface area contributed by atoms with Crippen molar-refractivity contribution in [1.82, 2.24) is 15.1 Å². The van der Waals surface area contributed by atoms with Gasteiger partial charge in [0.2, 0.25) is 5.91 Å². The summed E-state index contributed by atoms with van der Waals surface area (Å²) in [6.45, 7) is 4.30. The molecule has 1 amide bonds. The monoisotopic (exact) mass is 343 g/mol. The Morgan fingerprint density at radius 2 is 2.19 bits per heavy atom. The van der Waals surface area contributed by atoms with E-state index in [-0.39, 0.29) is 17.0 Å². The molecule has 2 aromatic rings. The van der Waals surface area contributed by atoms with Gasteiger partial charge in [-0.15, -0.1) is 5.10 Å². The number of thioether (sulfide) groups is 1. The molecule has 0 saturated carbocycles. The summed E-state index contributed by atoms with van der Waals surface area (Å²) in [6.07, 6.45) is 0. The van der Waals surface area contributed by atoms with E-state index in [0.717, 1.165) is 0 Å². The van der Waals surface area contributed by atoms with Crippen LogP contribution in [0.3, 0.4) is 0 Å². The third-order valence-corrected chi connectivity index (χ3v) is 5.01. The lowest BCUT2D eigenvalue weighted by Gasteiger charge is -2.08. The normalized spacial score (nSPS) is 12.1. The van der Waals surface area contributed by atoms with E-state index in [9.17, 15) is 9.18 Å². The van der Waals surface area contributed by atoms with Crippen LogP contribution in [0.15, 0.2) is 28.6 Å². The number of aromatic nitrogens is 2. The van der Waals surface area contributed by atoms with E-state index in [1.54, 1.807) is 16.8 Å². The molecule has 0 fully saturated rings. The van der Waals surface area contributed by atoms with E-state index >= 15 is 0 Å². The van der Waals surface area contributed by atoms with Crippen LogP contribution in [0, 0.1) is 9.77 Å². The van der Waals surface area contributed by atoms with E-state index in [4.69, 9.17) is 12.2 Å². The number of nitrogens with zero attached hydrogens (tertiary/aromatic N) is 2. The fraction of sp³-hybridized carbons (Fsp3) is 0.308. The van der Waals surface area contributed by atoms with Crippen LogP contribution in [0.4, 0.5) is 4.39 Å². The Morgan fingerprint density at radius 1 is 1.52 bits per heavy atom. The van der Waals surface area contributed by atoms with Gasteiger partial charge in [0.05, 0.1) is 10.9 Å². The van der Waals surface area contributed by atoms with Crippen molar-refractivity contribution in [3.05, 3.63) is 34.0 Å². The number of amides is 1. The van der Waals surface area contributed by atoms with Gasteiger partial charge in [0.15, 0.2) is 8.29 Å². The average Bonchev–Trinajstić information content (AvgIpc) is 2.80. The van der Waals surface area contributed by atoms with Gasteiger partial charge in [0.1, 0.15) is 5.82 Å². The summed E-state index contributed by atoms with van der Waals surface area (Å²) >= 11 is 7.96. The second-order valence-electron chi connectivity index (χ2n) is 4.18. The number of hydrogen-bond acceptors (Lipinski definition) is 5. The molecule has 0 bridgehead atoms. The molecule has 0 saturated heterocycles. The third-order valence-electron chi connectivity index (χ3n) is 2.60. The smallest absolute Gasteiger partial charge is 0.233 e. The quantitative estimate of drug-likeness (QED) is 0.667. The molecule has 0 unspecified atom stereocenters. The predicted octanol–water partition coefficient (Wildman–Crippen LogP) is 3.42. The summed E-state index contributed by atoms with van der Waals surface area (Å²) < 4.78 is 15.8. The predicted molar refractivity (Wildman–Crippen MR) is 86.2 cm³/mol. The minimum absolute atomic E-state index is 0.0306. The van der Waals surface area contributed by atoms with Crippen LogP contribution >= 0.6 is 35.3 Å². The molecule has 1 aromatic heterocycles. The highest BCUT2D eigenvalue weighted by molar-refractivity contribution is 8.02.